The first-order chi connectivity index (χ1) is 8.75. The molecule has 0 aliphatic heterocycles. The molecule has 1 atom stereocenters. The van der Waals surface area contributed by atoms with Gasteiger partial charge in [-0.15, -0.1) is 11.6 Å². The SMILES string of the molecule is CC(n1c(CCl)nc2cc(Br)c(F)cc21)C(C)(C)C. The van der Waals surface area contributed by atoms with Gasteiger partial charge < -0.3 is 4.57 Å². The Labute approximate surface area is 126 Å². The molecular weight excluding hydrogens is 331 g/mol. The Morgan fingerprint density at radius 2 is 2.05 bits per heavy atom. The minimum Gasteiger partial charge on any atom is -0.324 e. The topological polar surface area (TPSA) is 17.8 Å². The summed E-state index contributed by atoms with van der Waals surface area (Å²) in [7, 11) is 0. The van der Waals surface area contributed by atoms with Crippen LogP contribution in [0.15, 0.2) is 16.6 Å². The fourth-order valence-electron chi connectivity index (χ4n) is 2.05. The molecule has 5 heteroatoms. The first-order valence-electron chi connectivity index (χ1n) is 6.17. The quantitative estimate of drug-likeness (QED) is 0.675. The van der Waals surface area contributed by atoms with E-state index in [-0.39, 0.29) is 17.3 Å². The minimum absolute atomic E-state index is 0.0397. The summed E-state index contributed by atoms with van der Waals surface area (Å²) in [6.45, 7) is 8.56. The zero-order valence-electron chi connectivity index (χ0n) is 11.5. The summed E-state index contributed by atoms with van der Waals surface area (Å²) in [6, 6.07) is 3.39. The van der Waals surface area contributed by atoms with Crippen molar-refractivity contribution in [1.82, 2.24) is 9.55 Å². The third-order valence-corrected chi connectivity index (χ3v) is 4.41. The second-order valence-electron chi connectivity index (χ2n) is 5.83. The summed E-state index contributed by atoms with van der Waals surface area (Å²) in [5, 5.41) is 0. The third kappa shape index (κ3) is 2.65. The van der Waals surface area contributed by atoms with Crippen LogP contribution in [-0.4, -0.2) is 9.55 Å². The Morgan fingerprint density at radius 1 is 1.42 bits per heavy atom. The van der Waals surface area contributed by atoms with E-state index in [0.717, 1.165) is 16.9 Å². The zero-order valence-corrected chi connectivity index (χ0v) is 13.8. The van der Waals surface area contributed by atoms with Crippen LogP contribution in [-0.2, 0) is 5.88 Å². The van der Waals surface area contributed by atoms with Gasteiger partial charge in [-0.3, -0.25) is 0 Å². The van der Waals surface area contributed by atoms with Crippen LogP contribution < -0.4 is 0 Å². The smallest absolute Gasteiger partial charge is 0.139 e. The number of aromatic nitrogens is 2. The van der Waals surface area contributed by atoms with Crippen molar-refractivity contribution in [3.8, 4) is 0 Å². The number of alkyl halides is 1. The maximum absolute atomic E-state index is 13.8. The molecule has 1 heterocycles. The number of imidazole rings is 1. The van der Waals surface area contributed by atoms with Crippen molar-refractivity contribution < 1.29 is 4.39 Å². The lowest BCUT2D eigenvalue weighted by atomic mass is 9.87. The van der Waals surface area contributed by atoms with E-state index in [2.05, 4.69) is 48.6 Å². The first-order valence-corrected chi connectivity index (χ1v) is 7.50. The fourth-order valence-corrected chi connectivity index (χ4v) is 2.57. The van der Waals surface area contributed by atoms with E-state index in [1.54, 1.807) is 6.07 Å². The lowest BCUT2D eigenvalue weighted by Gasteiger charge is -2.30. The van der Waals surface area contributed by atoms with E-state index < -0.39 is 0 Å². The Balaban J connectivity index is 2.74. The number of halogens is 3. The van der Waals surface area contributed by atoms with E-state index in [0.29, 0.717) is 10.4 Å². The summed E-state index contributed by atoms with van der Waals surface area (Å²) in [5.41, 5.74) is 1.59. The van der Waals surface area contributed by atoms with Gasteiger partial charge in [0, 0.05) is 12.1 Å². The van der Waals surface area contributed by atoms with Crippen molar-refractivity contribution in [2.45, 2.75) is 39.6 Å². The summed E-state index contributed by atoms with van der Waals surface area (Å²) >= 11 is 9.18. The fraction of sp³-hybridized carbons (Fsp3) is 0.500. The largest absolute Gasteiger partial charge is 0.324 e. The molecule has 2 nitrogen and oxygen atoms in total. The monoisotopic (exact) mass is 346 g/mol. The Kier molecular flexibility index (Phi) is 3.94. The Bertz CT molecular complexity index is 616. The molecule has 0 spiro atoms. The number of rotatable bonds is 2. The average molecular weight is 348 g/mol. The maximum Gasteiger partial charge on any atom is 0.139 e. The van der Waals surface area contributed by atoms with Gasteiger partial charge in [0.05, 0.1) is 21.4 Å². The standard InChI is InChI=1S/C14H17BrClFN2/c1-8(14(2,3)4)19-12-6-10(17)9(15)5-11(12)18-13(19)7-16/h5-6,8H,7H2,1-4H3. The van der Waals surface area contributed by atoms with Gasteiger partial charge in [-0.2, -0.15) is 0 Å². The molecule has 0 fully saturated rings. The van der Waals surface area contributed by atoms with Crippen LogP contribution in [0.1, 0.15) is 39.6 Å². The molecule has 2 aromatic rings. The Hall–Kier alpha value is -0.610. The van der Waals surface area contributed by atoms with Crippen molar-refractivity contribution >= 4 is 38.6 Å². The molecule has 0 aliphatic carbocycles. The lowest BCUT2D eigenvalue weighted by molar-refractivity contribution is 0.263. The number of benzene rings is 1. The minimum atomic E-state index is -0.282. The molecule has 2 rings (SSSR count). The van der Waals surface area contributed by atoms with E-state index in [1.165, 1.54) is 6.07 Å². The van der Waals surface area contributed by atoms with Gasteiger partial charge in [-0.05, 0) is 34.3 Å². The van der Waals surface area contributed by atoms with E-state index in [9.17, 15) is 4.39 Å². The van der Waals surface area contributed by atoms with Gasteiger partial charge in [0.15, 0.2) is 0 Å². The van der Waals surface area contributed by atoms with Crippen molar-refractivity contribution in [2.24, 2.45) is 5.41 Å². The van der Waals surface area contributed by atoms with Crippen molar-refractivity contribution in [3.05, 3.63) is 28.2 Å². The molecule has 0 radical (unpaired) electrons. The summed E-state index contributed by atoms with van der Waals surface area (Å²) < 4.78 is 16.2. The number of nitrogens with zero attached hydrogens (tertiary/aromatic N) is 2. The van der Waals surface area contributed by atoms with E-state index in [1.807, 2.05) is 4.57 Å². The molecular formula is C14H17BrClFN2. The van der Waals surface area contributed by atoms with Crippen LogP contribution in [0.3, 0.4) is 0 Å². The lowest BCUT2D eigenvalue weighted by Crippen LogP contribution is -2.23. The maximum atomic E-state index is 13.8. The number of hydrogen-bond donors (Lipinski definition) is 0. The molecule has 0 N–H and O–H groups in total. The predicted octanol–water partition coefficient (Wildman–Crippen LogP) is 5.28. The van der Waals surface area contributed by atoms with Crippen LogP contribution in [0.4, 0.5) is 4.39 Å². The van der Waals surface area contributed by atoms with Crippen molar-refractivity contribution in [3.63, 3.8) is 0 Å². The van der Waals surface area contributed by atoms with Gasteiger partial charge in [-0.25, -0.2) is 9.37 Å². The molecule has 0 amide bonds. The van der Waals surface area contributed by atoms with Crippen LogP contribution in [0.25, 0.3) is 11.0 Å². The average Bonchev–Trinajstić information content (AvgIpc) is 2.65. The zero-order chi connectivity index (χ0) is 14.4. The second-order valence-corrected chi connectivity index (χ2v) is 6.95. The molecule has 1 unspecified atom stereocenters. The summed E-state index contributed by atoms with van der Waals surface area (Å²) in [4.78, 5) is 4.50. The number of hydrogen-bond acceptors (Lipinski definition) is 1. The normalized spacial score (nSPS) is 14.1. The summed E-state index contributed by atoms with van der Waals surface area (Å²) in [5.74, 6) is 0.807. The molecule has 19 heavy (non-hydrogen) atoms. The van der Waals surface area contributed by atoms with E-state index >= 15 is 0 Å². The molecule has 0 aliphatic rings. The molecule has 1 aromatic carbocycles. The highest BCUT2D eigenvalue weighted by Gasteiger charge is 2.26. The van der Waals surface area contributed by atoms with Gasteiger partial charge in [0.1, 0.15) is 11.6 Å². The van der Waals surface area contributed by atoms with Crippen LogP contribution in [0, 0.1) is 11.2 Å². The third-order valence-electron chi connectivity index (χ3n) is 3.56. The van der Waals surface area contributed by atoms with Crippen molar-refractivity contribution in [2.75, 3.05) is 0 Å². The highest BCUT2D eigenvalue weighted by molar-refractivity contribution is 9.10. The molecule has 0 saturated carbocycles. The highest BCUT2D eigenvalue weighted by atomic mass is 79.9. The first kappa shape index (κ1) is 14.8. The molecule has 0 saturated heterocycles. The second kappa shape index (κ2) is 5.06. The van der Waals surface area contributed by atoms with Gasteiger partial charge in [0.2, 0.25) is 0 Å². The molecule has 0 bridgehead atoms. The highest BCUT2D eigenvalue weighted by Crippen LogP contribution is 2.35. The summed E-state index contributed by atoms with van der Waals surface area (Å²) in [6.07, 6.45) is 0. The molecule has 104 valence electrons. The van der Waals surface area contributed by atoms with E-state index in [4.69, 9.17) is 11.6 Å². The van der Waals surface area contributed by atoms with Crippen LogP contribution in [0.5, 0.6) is 0 Å². The van der Waals surface area contributed by atoms with Crippen molar-refractivity contribution in [1.29, 1.82) is 0 Å². The van der Waals surface area contributed by atoms with Crippen LogP contribution >= 0.6 is 27.5 Å². The number of fused-ring (bicyclic) bond motifs is 1. The predicted molar refractivity (Wildman–Crippen MR) is 81.1 cm³/mol. The van der Waals surface area contributed by atoms with Gasteiger partial charge in [-0.1, -0.05) is 20.8 Å². The van der Waals surface area contributed by atoms with Gasteiger partial charge >= 0.3 is 0 Å². The van der Waals surface area contributed by atoms with Crippen LogP contribution in [0.2, 0.25) is 0 Å². The molecule has 1 aromatic heterocycles. The Morgan fingerprint density at radius 3 is 2.58 bits per heavy atom. The van der Waals surface area contributed by atoms with Gasteiger partial charge in [0.25, 0.3) is 0 Å².